The van der Waals surface area contributed by atoms with Crippen molar-refractivity contribution in [3.05, 3.63) is 52.1 Å². The Labute approximate surface area is 144 Å². The van der Waals surface area contributed by atoms with Crippen LogP contribution in [0, 0.1) is 0 Å². The summed E-state index contributed by atoms with van der Waals surface area (Å²) in [4.78, 5) is 15.2. The second kappa shape index (κ2) is 6.68. The summed E-state index contributed by atoms with van der Waals surface area (Å²) in [6.07, 6.45) is 4.02. The molecule has 4 rings (SSSR count). The number of rotatable bonds is 4. The number of benzene rings is 1. The third-order valence-electron chi connectivity index (χ3n) is 4.60. The Kier molecular flexibility index (Phi) is 4.23. The Morgan fingerprint density at radius 3 is 3.12 bits per heavy atom. The van der Waals surface area contributed by atoms with Gasteiger partial charge in [-0.25, -0.2) is 4.68 Å². The van der Waals surface area contributed by atoms with Gasteiger partial charge in [0.05, 0.1) is 26.0 Å². The van der Waals surface area contributed by atoms with Gasteiger partial charge >= 0.3 is 0 Å². The zero-order valence-electron chi connectivity index (χ0n) is 14.1. The molecule has 3 aromatic rings. The first kappa shape index (κ1) is 15.8. The number of nitrogens with zero attached hydrogens (tertiary/aromatic N) is 3. The van der Waals surface area contributed by atoms with Crippen LogP contribution in [0.5, 0.6) is 5.75 Å². The molecule has 0 aliphatic carbocycles. The van der Waals surface area contributed by atoms with E-state index in [1.54, 1.807) is 11.8 Å². The van der Waals surface area contributed by atoms with E-state index in [1.807, 2.05) is 30.5 Å². The third-order valence-corrected chi connectivity index (χ3v) is 4.60. The molecular formula is C18H20N4O3. The zero-order valence-corrected chi connectivity index (χ0v) is 14.1. The maximum Gasteiger partial charge on any atom is 0.253 e. The summed E-state index contributed by atoms with van der Waals surface area (Å²) in [5.74, 6) is 1.05. The quantitative estimate of drug-likeness (QED) is 0.786. The summed E-state index contributed by atoms with van der Waals surface area (Å²) in [7, 11) is 1.62. The average molecular weight is 340 g/mol. The van der Waals surface area contributed by atoms with Gasteiger partial charge in [0, 0.05) is 35.2 Å². The molecule has 7 heteroatoms. The molecule has 1 atom stereocenters. The molecular weight excluding hydrogens is 320 g/mol. The molecule has 1 aromatic carbocycles. The fourth-order valence-electron chi connectivity index (χ4n) is 3.20. The molecule has 0 bridgehead atoms. The van der Waals surface area contributed by atoms with Crippen molar-refractivity contribution in [2.75, 3.05) is 20.3 Å². The Balaban J connectivity index is 1.60. The van der Waals surface area contributed by atoms with Crippen LogP contribution >= 0.6 is 0 Å². The van der Waals surface area contributed by atoms with E-state index >= 15 is 0 Å². The van der Waals surface area contributed by atoms with Gasteiger partial charge in [0.25, 0.3) is 5.56 Å². The van der Waals surface area contributed by atoms with Gasteiger partial charge in [0.15, 0.2) is 0 Å². The van der Waals surface area contributed by atoms with Crippen LogP contribution in [0.1, 0.15) is 30.0 Å². The smallest absolute Gasteiger partial charge is 0.253 e. The second-order valence-electron chi connectivity index (χ2n) is 6.33. The first-order valence-corrected chi connectivity index (χ1v) is 8.40. The van der Waals surface area contributed by atoms with Crippen molar-refractivity contribution in [1.29, 1.82) is 0 Å². The fourth-order valence-corrected chi connectivity index (χ4v) is 3.20. The highest BCUT2D eigenvalue weighted by molar-refractivity contribution is 5.80. The number of nitrogens with one attached hydrogen (secondary N) is 1. The summed E-state index contributed by atoms with van der Waals surface area (Å²) in [5.41, 5.74) is 2.24. The first-order valence-electron chi connectivity index (χ1n) is 8.40. The van der Waals surface area contributed by atoms with Gasteiger partial charge in [-0.1, -0.05) is 5.21 Å². The molecule has 0 saturated carbocycles. The van der Waals surface area contributed by atoms with Crippen LogP contribution in [-0.2, 0) is 11.3 Å². The topological polar surface area (TPSA) is 82.0 Å². The van der Waals surface area contributed by atoms with Crippen molar-refractivity contribution in [3.8, 4) is 5.75 Å². The molecule has 1 saturated heterocycles. The Morgan fingerprint density at radius 2 is 2.32 bits per heavy atom. The standard InChI is InChI=1S/C18H20N4O3/c1-24-15-4-5-16-13(8-15)7-14(18(23)19-16)9-22-10-17(20-21-22)12-3-2-6-25-11-12/h4-5,7-8,10,12H,2-3,6,9,11H2,1H3,(H,19,23). The Hall–Kier alpha value is -2.67. The van der Waals surface area contributed by atoms with E-state index in [2.05, 4.69) is 15.3 Å². The SMILES string of the molecule is COc1ccc2[nH]c(=O)c(Cn3cc(C4CCCOC4)nn3)cc2c1. The summed E-state index contributed by atoms with van der Waals surface area (Å²) >= 11 is 0. The van der Waals surface area contributed by atoms with E-state index in [9.17, 15) is 4.79 Å². The summed E-state index contributed by atoms with van der Waals surface area (Å²) in [6.45, 7) is 1.89. The van der Waals surface area contributed by atoms with Crippen LogP contribution in [0.15, 0.2) is 35.3 Å². The fraction of sp³-hybridized carbons (Fsp3) is 0.389. The van der Waals surface area contributed by atoms with Crippen LogP contribution in [-0.4, -0.2) is 40.3 Å². The predicted octanol–water partition coefficient (Wildman–Crippen LogP) is 2.07. The average Bonchev–Trinajstić information content (AvgIpc) is 3.11. The molecule has 1 N–H and O–H groups in total. The number of hydrogen-bond donors (Lipinski definition) is 1. The molecule has 0 amide bonds. The molecule has 1 aliphatic rings. The van der Waals surface area contributed by atoms with Crippen molar-refractivity contribution in [2.24, 2.45) is 0 Å². The minimum Gasteiger partial charge on any atom is -0.497 e. The Morgan fingerprint density at radius 1 is 1.40 bits per heavy atom. The second-order valence-corrected chi connectivity index (χ2v) is 6.33. The number of hydrogen-bond acceptors (Lipinski definition) is 5. The molecule has 3 heterocycles. The molecule has 0 radical (unpaired) electrons. The molecule has 1 fully saturated rings. The molecule has 7 nitrogen and oxygen atoms in total. The van der Waals surface area contributed by atoms with Gasteiger partial charge in [-0.3, -0.25) is 4.79 Å². The van der Waals surface area contributed by atoms with Gasteiger partial charge in [-0.15, -0.1) is 5.10 Å². The highest BCUT2D eigenvalue weighted by atomic mass is 16.5. The van der Waals surface area contributed by atoms with Crippen LogP contribution in [0.25, 0.3) is 10.9 Å². The lowest BCUT2D eigenvalue weighted by Gasteiger charge is -2.19. The lowest BCUT2D eigenvalue weighted by Crippen LogP contribution is -2.16. The number of pyridine rings is 1. The van der Waals surface area contributed by atoms with Crippen LogP contribution < -0.4 is 10.3 Å². The number of methoxy groups -OCH3 is 1. The van der Waals surface area contributed by atoms with E-state index in [1.165, 1.54) is 0 Å². The molecule has 2 aromatic heterocycles. The van der Waals surface area contributed by atoms with Gasteiger partial charge < -0.3 is 14.5 Å². The summed E-state index contributed by atoms with van der Waals surface area (Å²) in [6, 6.07) is 7.45. The van der Waals surface area contributed by atoms with Gasteiger partial charge in [-0.2, -0.15) is 0 Å². The maximum atomic E-state index is 12.3. The van der Waals surface area contributed by atoms with E-state index < -0.39 is 0 Å². The van der Waals surface area contributed by atoms with Crippen LogP contribution in [0.4, 0.5) is 0 Å². The highest BCUT2D eigenvalue weighted by Gasteiger charge is 2.19. The predicted molar refractivity (Wildman–Crippen MR) is 93.0 cm³/mol. The van der Waals surface area contributed by atoms with Gasteiger partial charge in [0.1, 0.15) is 5.75 Å². The maximum absolute atomic E-state index is 12.3. The highest BCUT2D eigenvalue weighted by Crippen LogP contribution is 2.23. The molecule has 0 spiro atoms. The molecule has 25 heavy (non-hydrogen) atoms. The lowest BCUT2D eigenvalue weighted by molar-refractivity contribution is 0.0793. The van der Waals surface area contributed by atoms with Gasteiger partial charge in [-0.05, 0) is 37.1 Å². The van der Waals surface area contributed by atoms with Gasteiger partial charge in [0.2, 0.25) is 0 Å². The van der Waals surface area contributed by atoms with Crippen molar-refractivity contribution in [1.82, 2.24) is 20.0 Å². The number of H-pyrrole nitrogens is 1. The number of aromatic amines is 1. The van der Waals surface area contributed by atoms with E-state index in [0.29, 0.717) is 24.6 Å². The number of aromatic nitrogens is 4. The van der Waals surface area contributed by atoms with Crippen LogP contribution in [0.3, 0.4) is 0 Å². The largest absolute Gasteiger partial charge is 0.497 e. The normalized spacial score (nSPS) is 17.7. The van der Waals surface area contributed by atoms with E-state index in [0.717, 1.165) is 41.8 Å². The van der Waals surface area contributed by atoms with Crippen molar-refractivity contribution in [3.63, 3.8) is 0 Å². The minimum absolute atomic E-state index is 0.115. The molecule has 1 unspecified atom stereocenters. The summed E-state index contributed by atoms with van der Waals surface area (Å²) in [5, 5.41) is 9.36. The Bertz CT molecular complexity index is 941. The number of ether oxygens (including phenoxy) is 2. The van der Waals surface area contributed by atoms with Crippen molar-refractivity contribution in [2.45, 2.75) is 25.3 Å². The lowest BCUT2D eigenvalue weighted by atomic mass is 9.99. The van der Waals surface area contributed by atoms with Crippen LogP contribution in [0.2, 0.25) is 0 Å². The number of fused-ring (bicyclic) bond motifs is 1. The molecule has 1 aliphatic heterocycles. The molecule has 130 valence electrons. The van der Waals surface area contributed by atoms with Crippen molar-refractivity contribution >= 4 is 10.9 Å². The monoisotopic (exact) mass is 340 g/mol. The van der Waals surface area contributed by atoms with Crippen molar-refractivity contribution < 1.29 is 9.47 Å². The van der Waals surface area contributed by atoms with E-state index in [4.69, 9.17) is 9.47 Å². The third kappa shape index (κ3) is 3.28. The minimum atomic E-state index is -0.115. The first-order chi connectivity index (χ1) is 12.2. The summed E-state index contributed by atoms with van der Waals surface area (Å²) < 4.78 is 12.5. The van der Waals surface area contributed by atoms with E-state index in [-0.39, 0.29) is 5.56 Å². The zero-order chi connectivity index (χ0) is 17.2.